The molecule has 1 aliphatic heterocycles. The van der Waals surface area contributed by atoms with Crippen molar-refractivity contribution in [2.75, 3.05) is 18.9 Å². The Morgan fingerprint density at radius 3 is 3.00 bits per heavy atom. The number of anilines is 1. The molecule has 4 nitrogen and oxygen atoms in total. The van der Waals surface area contributed by atoms with Gasteiger partial charge in [-0.25, -0.2) is 4.98 Å². The highest BCUT2D eigenvalue weighted by atomic mass is 16.2. The molecular formula is C17H21N3O. The van der Waals surface area contributed by atoms with Gasteiger partial charge in [0.15, 0.2) is 0 Å². The number of hydrogen-bond acceptors (Lipinski definition) is 3. The molecule has 1 aromatic heterocycles. The third kappa shape index (κ3) is 2.46. The first-order chi connectivity index (χ1) is 10.2. The third-order valence-corrected chi connectivity index (χ3v) is 4.31. The molecule has 1 aliphatic rings. The Kier molecular flexibility index (Phi) is 3.78. The van der Waals surface area contributed by atoms with E-state index in [2.05, 4.69) is 17.2 Å². The minimum atomic E-state index is 0.0570. The van der Waals surface area contributed by atoms with Crippen molar-refractivity contribution in [2.24, 2.45) is 0 Å². The van der Waals surface area contributed by atoms with Gasteiger partial charge in [0, 0.05) is 25.0 Å². The van der Waals surface area contributed by atoms with Gasteiger partial charge in [0.05, 0.1) is 0 Å². The molecule has 1 fully saturated rings. The largest absolute Gasteiger partial charge is 0.373 e. The van der Waals surface area contributed by atoms with Gasteiger partial charge in [0.1, 0.15) is 11.5 Å². The summed E-state index contributed by atoms with van der Waals surface area (Å²) in [6.07, 6.45) is 3.21. The number of nitrogens with zero attached hydrogens (tertiary/aromatic N) is 2. The summed E-state index contributed by atoms with van der Waals surface area (Å²) < 4.78 is 0. The molecule has 0 radical (unpaired) electrons. The Labute approximate surface area is 125 Å². The van der Waals surface area contributed by atoms with Crippen molar-refractivity contribution < 1.29 is 4.79 Å². The lowest BCUT2D eigenvalue weighted by Crippen LogP contribution is -2.35. The number of likely N-dealkylation sites (tertiary alicyclic amines) is 1. The first kappa shape index (κ1) is 13.9. The maximum Gasteiger partial charge on any atom is 0.272 e. The molecule has 1 saturated heterocycles. The van der Waals surface area contributed by atoms with Crippen LogP contribution < -0.4 is 5.32 Å². The molecule has 0 spiro atoms. The number of rotatable bonds is 3. The van der Waals surface area contributed by atoms with Crippen molar-refractivity contribution in [2.45, 2.75) is 32.2 Å². The SMILES string of the molecule is CCC1CCCN1C(=O)c1cc2ccccc2c(NC)n1. The van der Waals surface area contributed by atoms with Crippen LogP contribution in [0.5, 0.6) is 0 Å². The molecule has 1 N–H and O–H groups in total. The quantitative estimate of drug-likeness (QED) is 0.940. The highest BCUT2D eigenvalue weighted by molar-refractivity contribution is 6.00. The van der Waals surface area contributed by atoms with Crippen molar-refractivity contribution in [3.8, 4) is 0 Å². The van der Waals surface area contributed by atoms with E-state index in [0.29, 0.717) is 11.7 Å². The highest BCUT2D eigenvalue weighted by Gasteiger charge is 2.29. The van der Waals surface area contributed by atoms with Crippen LogP contribution in [0, 0.1) is 0 Å². The van der Waals surface area contributed by atoms with E-state index >= 15 is 0 Å². The van der Waals surface area contributed by atoms with Crippen LogP contribution in [0.2, 0.25) is 0 Å². The van der Waals surface area contributed by atoms with Gasteiger partial charge in [-0.1, -0.05) is 31.2 Å². The Bertz CT molecular complexity index is 668. The minimum absolute atomic E-state index is 0.0570. The first-order valence-electron chi connectivity index (χ1n) is 7.63. The molecule has 0 saturated carbocycles. The van der Waals surface area contributed by atoms with Crippen molar-refractivity contribution in [1.29, 1.82) is 0 Å². The Morgan fingerprint density at radius 2 is 2.24 bits per heavy atom. The van der Waals surface area contributed by atoms with Crippen LogP contribution in [-0.4, -0.2) is 35.4 Å². The average molecular weight is 283 g/mol. The molecule has 1 atom stereocenters. The lowest BCUT2D eigenvalue weighted by molar-refractivity contribution is 0.0728. The molecule has 110 valence electrons. The lowest BCUT2D eigenvalue weighted by Gasteiger charge is -2.23. The summed E-state index contributed by atoms with van der Waals surface area (Å²) in [6, 6.07) is 10.3. The second-order valence-electron chi connectivity index (χ2n) is 5.53. The van der Waals surface area contributed by atoms with Gasteiger partial charge in [0.2, 0.25) is 0 Å². The second-order valence-corrected chi connectivity index (χ2v) is 5.53. The van der Waals surface area contributed by atoms with Crippen LogP contribution in [-0.2, 0) is 0 Å². The van der Waals surface area contributed by atoms with Crippen LogP contribution in [0.3, 0.4) is 0 Å². The van der Waals surface area contributed by atoms with Gasteiger partial charge in [-0.3, -0.25) is 4.79 Å². The van der Waals surface area contributed by atoms with E-state index in [4.69, 9.17) is 0 Å². The molecule has 3 rings (SSSR count). The fraction of sp³-hybridized carbons (Fsp3) is 0.412. The number of carbonyl (C=O) groups excluding carboxylic acids is 1. The smallest absolute Gasteiger partial charge is 0.272 e. The number of carbonyl (C=O) groups is 1. The van der Waals surface area contributed by atoms with E-state index in [1.54, 1.807) is 0 Å². The molecule has 2 heterocycles. The summed E-state index contributed by atoms with van der Waals surface area (Å²) in [5, 5.41) is 5.19. The zero-order valence-corrected chi connectivity index (χ0v) is 12.6. The summed E-state index contributed by atoms with van der Waals surface area (Å²) >= 11 is 0. The first-order valence-corrected chi connectivity index (χ1v) is 7.63. The van der Waals surface area contributed by atoms with Crippen molar-refractivity contribution in [1.82, 2.24) is 9.88 Å². The van der Waals surface area contributed by atoms with Crippen LogP contribution in [0.1, 0.15) is 36.7 Å². The molecule has 4 heteroatoms. The molecule has 1 aromatic carbocycles. The summed E-state index contributed by atoms with van der Waals surface area (Å²) in [5.41, 5.74) is 0.540. The molecular weight excluding hydrogens is 262 g/mol. The molecule has 0 aliphatic carbocycles. The third-order valence-electron chi connectivity index (χ3n) is 4.31. The van der Waals surface area contributed by atoms with E-state index in [0.717, 1.165) is 42.4 Å². The van der Waals surface area contributed by atoms with Gasteiger partial charge in [-0.2, -0.15) is 0 Å². The summed E-state index contributed by atoms with van der Waals surface area (Å²) in [7, 11) is 1.84. The van der Waals surface area contributed by atoms with E-state index in [9.17, 15) is 4.79 Å². The Hall–Kier alpha value is -2.10. The monoisotopic (exact) mass is 283 g/mol. The number of hydrogen-bond donors (Lipinski definition) is 1. The lowest BCUT2D eigenvalue weighted by atomic mass is 10.1. The van der Waals surface area contributed by atoms with Gasteiger partial charge in [-0.05, 0) is 30.7 Å². The zero-order valence-electron chi connectivity index (χ0n) is 12.6. The Balaban J connectivity index is 2.02. The summed E-state index contributed by atoms with van der Waals surface area (Å²) in [4.78, 5) is 19.3. The Morgan fingerprint density at radius 1 is 1.43 bits per heavy atom. The average Bonchev–Trinajstić information content (AvgIpc) is 3.01. The summed E-state index contributed by atoms with van der Waals surface area (Å²) in [5.74, 6) is 0.824. The number of benzene rings is 1. The maximum atomic E-state index is 12.8. The van der Waals surface area contributed by atoms with Crippen LogP contribution >= 0.6 is 0 Å². The molecule has 1 unspecified atom stereocenters. The van der Waals surface area contributed by atoms with Gasteiger partial charge in [0.25, 0.3) is 5.91 Å². The van der Waals surface area contributed by atoms with Crippen LogP contribution in [0.25, 0.3) is 10.8 Å². The van der Waals surface area contributed by atoms with Gasteiger partial charge >= 0.3 is 0 Å². The number of fused-ring (bicyclic) bond motifs is 1. The van der Waals surface area contributed by atoms with Crippen molar-refractivity contribution in [3.63, 3.8) is 0 Å². The van der Waals surface area contributed by atoms with Gasteiger partial charge in [-0.15, -0.1) is 0 Å². The van der Waals surface area contributed by atoms with Crippen molar-refractivity contribution >= 4 is 22.5 Å². The normalized spacial score (nSPS) is 18.2. The fourth-order valence-electron chi connectivity index (χ4n) is 3.17. The molecule has 21 heavy (non-hydrogen) atoms. The molecule has 2 aromatic rings. The van der Waals surface area contributed by atoms with E-state index in [1.807, 2.05) is 42.3 Å². The summed E-state index contributed by atoms with van der Waals surface area (Å²) in [6.45, 7) is 2.99. The van der Waals surface area contributed by atoms with E-state index in [1.165, 1.54) is 0 Å². The topological polar surface area (TPSA) is 45.2 Å². The molecule has 0 bridgehead atoms. The van der Waals surface area contributed by atoms with Crippen LogP contribution in [0.15, 0.2) is 30.3 Å². The zero-order chi connectivity index (χ0) is 14.8. The standard InChI is InChI=1S/C17H21N3O/c1-3-13-8-6-10-20(13)17(21)15-11-12-7-4-5-9-14(12)16(18-2)19-15/h4-5,7,9,11,13H,3,6,8,10H2,1-2H3,(H,18,19). The van der Waals surface area contributed by atoms with Gasteiger partial charge < -0.3 is 10.2 Å². The minimum Gasteiger partial charge on any atom is -0.373 e. The number of aromatic nitrogens is 1. The number of amides is 1. The number of pyridine rings is 1. The fourth-order valence-corrected chi connectivity index (χ4v) is 3.17. The maximum absolute atomic E-state index is 12.8. The molecule has 1 amide bonds. The second kappa shape index (κ2) is 5.72. The van der Waals surface area contributed by atoms with Crippen LogP contribution in [0.4, 0.5) is 5.82 Å². The highest BCUT2D eigenvalue weighted by Crippen LogP contribution is 2.26. The number of nitrogens with one attached hydrogen (secondary N) is 1. The van der Waals surface area contributed by atoms with E-state index in [-0.39, 0.29) is 5.91 Å². The predicted molar refractivity (Wildman–Crippen MR) is 85.6 cm³/mol. The van der Waals surface area contributed by atoms with E-state index < -0.39 is 0 Å². The predicted octanol–water partition coefficient (Wildman–Crippen LogP) is 3.29. The van der Waals surface area contributed by atoms with Crippen molar-refractivity contribution in [3.05, 3.63) is 36.0 Å².